The van der Waals surface area contributed by atoms with Gasteiger partial charge in [0.2, 0.25) is 0 Å². The number of anilines is 1. The number of nitriles is 1. The third-order valence-electron chi connectivity index (χ3n) is 3.64. The smallest absolute Gasteiger partial charge is 0.164 e. The third-order valence-corrected chi connectivity index (χ3v) is 3.64. The van der Waals surface area contributed by atoms with Crippen LogP contribution in [0.4, 0.5) is 5.69 Å². The predicted octanol–water partition coefficient (Wildman–Crippen LogP) is 1.23. The van der Waals surface area contributed by atoms with Crippen LogP contribution in [0.3, 0.4) is 0 Å². The van der Waals surface area contributed by atoms with Crippen LogP contribution in [0.2, 0.25) is 0 Å². The second-order valence-corrected chi connectivity index (χ2v) is 5.96. The quantitative estimate of drug-likeness (QED) is 0.398. The van der Waals surface area contributed by atoms with E-state index in [9.17, 15) is 0 Å². The van der Waals surface area contributed by atoms with Crippen LogP contribution in [-0.4, -0.2) is 25.8 Å². The van der Waals surface area contributed by atoms with Crippen LogP contribution in [0.5, 0.6) is 0 Å². The van der Waals surface area contributed by atoms with Gasteiger partial charge in [-0.25, -0.2) is 9.97 Å². The second kappa shape index (κ2) is 7.08. The van der Waals surface area contributed by atoms with Crippen molar-refractivity contribution in [3.63, 3.8) is 0 Å². The normalized spacial score (nSPS) is 11.6. The van der Waals surface area contributed by atoms with Crippen LogP contribution in [0.25, 0.3) is 22.5 Å². The van der Waals surface area contributed by atoms with Gasteiger partial charge in [-0.3, -0.25) is 5.84 Å². The van der Waals surface area contributed by atoms with Gasteiger partial charge >= 0.3 is 0 Å². The van der Waals surface area contributed by atoms with Gasteiger partial charge in [-0.15, -0.1) is 0 Å². The van der Waals surface area contributed by atoms with E-state index in [-0.39, 0.29) is 6.04 Å². The number of aromatic nitrogens is 4. The highest BCUT2D eigenvalue weighted by molar-refractivity contribution is 5.79. The fraction of sp³-hybridized carbons (Fsp3) is 0.176. The van der Waals surface area contributed by atoms with Gasteiger partial charge in [0.05, 0.1) is 17.5 Å². The van der Waals surface area contributed by atoms with E-state index >= 15 is 0 Å². The molecule has 9 nitrogen and oxygen atoms in total. The topological polar surface area (TPSA) is 143 Å². The molecule has 0 radical (unpaired) electrons. The van der Waals surface area contributed by atoms with E-state index in [1.165, 1.54) is 12.4 Å². The first-order chi connectivity index (χ1) is 12.5. The number of nitrogens with two attached hydrogens (primary N) is 2. The van der Waals surface area contributed by atoms with Crippen molar-refractivity contribution in [3.05, 3.63) is 48.1 Å². The molecular formula is C17H19N9. The molecule has 0 amide bonds. The van der Waals surface area contributed by atoms with Gasteiger partial charge in [0.15, 0.2) is 11.5 Å². The zero-order valence-electron chi connectivity index (χ0n) is 14.4. The lowest BCUT2D eigenvalue weighted by Gasteiger charge is -2.16. The van der Waals surface area contributed by atoms with Gasteiger partial charge in [0.1, 0.15) is 6.07 Å². The minimum Gasteiger partial charge on any atom is -0.397 e. The lowest BCUT2D eigenvalue weighted by atomic mass is 10.1. The van der Waals surface area contributed by atoms with Gasteiger partial charge in [-0.05, 0) is 19.9 Å². The van der Waals surface area contributed by atoms with Crippen molar-refractivity contribution in [1.82, 2.24) is 25.2 Å². The molecule has 0 bridgehead atoms. The molecule has 26 heavy (non-hydrogen) atoms. The molecule has 3 aromatic heterocycles. The van der Waals surface area contributed by atoms with Gasteiger partial charge in [-0.2, -0.15) is 15.0 Å². The summed E-state index contributed by atoms with van der Waals surface area (Å²) in [6.07, 6.45) is 6.31. The summed E-state index contributed by atoms with van der Waals surface area (Å²) in [5, 5.41) is 17.5. The van der Waals surface area contributed by atoms with Gasteiger partial charge in [0, 0.05) is 47.3 Å². The highest BCUT2D eigenvalue weighted by atomic mass is 15.3. The van der Waals surface area contributed by atoms with Gasteiger partial charge in [-0.1, -0.05) is 0 Å². The highest BCUT2D eigenvalue weighted by Gasteiger charge is 2.13. The Morgan fingerprint density at radius 3 is 2.77 bits per heavy atom. The highest BCUT2D eigenvalue weighted by Crippen LogP contribution is 2.24. The van der Waals surface area contributed by atoms with E-state index in [4.69, 9.17) is 16.8 Å². The SMILES string of the molecule is CC(C)Nc1cc(-n2ncc3cc(C#N)cnc32)ncc1/C(N)=C/NN. The van der Waals surface area contributed by atoms with Crippen LogP contribution in [0, 0.1) is 11.3 Å². The van der Waals surface area contributed by atoms with E-state index in [0.717, 1.165) is 16.6 Å². The number of pyridine rings is 2. The Balaban J connectivity index is 2.11. The first-order valence-corrected chi connectivity index (χ1v) is 7.96. The minimum atomic E-state index is 0.188. The fourth-order valence-electron chi connectivity index (χ4n) is 2.54. The number of hydrogen-bond donors (Lipinski definition) is 4. The molecule has 0 aliphatic carbocycles. The van der Waals surface area contributed by atoms with Crippen molar-refractivity contribution in [1.29, 1.82) is 5.26 Å². The lowest BCUT2D eigenvalue weighted by Crippen LogP contribution is -2.18. The third kappa shape index (κ3) is 3.26. The number of nitrogens with one attached hydrogen (secondary N) is 2. The van der Waals surface area contributed by atoms with Crippen LogP contribution in [0.1, 0.15) is 25.0 Å². The molecular weight excluding hydrogens is 330 g/mol. The Kier molecular flexibility index (Phi) is 4.68. The van der Waals surface area contributed by atoms with Crippen molar-refractivity contribution in [3.8, 4) is 11.9 Å². The summed E-state index contributed by atoms with van der Waals surface area (Å²) in [5.41, 5.74) is 11.5. The van der Waals surface area contributed by atoms with E-state index in [1.54, 1.807) is 23.1 Å². The molecule has 0 spiro atoms. The molecule has 3 heterocycles. The van der Waals surface area contributed by atoms with Crippen molar-refractivity contribution < 1.29 is 0 Å². The summed E-state index contributed by atoms with van der Waals surface area (Å²) in [6, 6.07) is 5.84. The molecule has 0 aliphatic rings. The lowest BCUT2D eigenvalue weighted by molar-refractivity contribution is 0.856. The molecule has 132 valence electrons. The number of hydrogen-bond acceptors (Lipinski definition) is 8. The predicted molar refractivity (Wildman–Crippen MR) is 99.6 cm³/mol. The van der Waals surface area contributed by atoms with Crippen molar-refractivity contribution in [2.75, 3.05) is 5.32 Å². The monoisotopic (exact) mass is 349 g/mol. The maximum absolute atomic E-state index is 9.00. The first kappa shape index (κ1) is 17.2. The summed E-state index contributed by atoms with van der Waals surface area (Å²) < 4.78 is 1.62. The molecule has 3 aromatic rings. The Morgan fingerprint density at radius 2 is 2.08 bits per heavy atom. The van der Waals surface area contributed by atoms with E-state index in [2.05, 4.69) is 31.9 Å². The number of hydrazine groups is 1. The molecule has 3 rings (SSSR count). The van der Waals surface area contributed by atoms with Gasteiger partial charge < -0.3 is 16.5 Å². The second-order valence-electron chi connectivity index (χ2n) is 5.96. The Morgan fingerprint density at radius 1 is 1.27 bits per heavy atom. The van der Waals surface area contributed by atoms with Crippen molar-refractivity contribution >= 4 is 22.4 Å². The minimum absolute atomic E-state index is 0.188. The van der Waals surface area contributed by atoms with E-state index < -0.39 is 0 Å². The molecule has 0 saturated heterocycles. The van der Waals surface area contributed by atoms with Crippen molar-refractivity contribution in [2.24, 2.45) is 11.6 Å². The zero-order chi connectivity index (χ0) is 18.7. The average Bonchev–Trinajstić information content (AvgIpc) is 3.04. The number of fused-ring (bicyclic) bond motifs is 1. The van der Waals surface area contributed by atoms with Crippen LogP contribution < -0.4 is 22.3 Å². The molecule has 0 aromatic carbocycles. The summed E-state index contributed by atoms with van der Waals surface area (Å²) >= 11 is 0. The van der Waals surface area contributed by atoms with Gasteiger partial charge in [0.25, 0.3) is 0 Å². The van der Waals surface area contributed by atoms with Crippen LogP contribution in [-0.2, 0) is 0 Å². The standard InChI is InChI=1S/C17H19N9/c1-10(2)25-15-4-16(21-8-13(15)14(19)9-23-20)26-17-12(7-24-26)3-11(5-18)6-22-17/h3-4,6-10,23H,19-20H2,1-2H3,(H,21,25)/b14-9-. The fourth-order valence-corrected chi connectivity index (χ4v) is 2.54. The molecule has 6 N–H and O–H groups in total. The van der Waals surface area contributed by atoms with Crippen LogP contribution >= 0.6 is 0 Å². The van der Waals surface area contributed by atoms with E-state index in [0.29, 0.717) is 22.7 Å². The molecule has 0 aliphatic heterocycles. The maximum Gasteiger partial charge on any atom is 0.164 e. The average molecular weight is 349 g/mol. The zero-order valence-corrected chi connectivity index (χ0v) is 14.4. The molecule has 0 saturated carbocycles. The Labute approximate surface area is 150 Å². The molecule has 9 heteroatoms. The van der Waals surface area contributed by atoms with E-state index in [1.807, 2.05) is 19.9 Å². The summed E-state index contributed by atoms with van der Waals surface area (Å²) in [7, 11) is 0. The largest absolute Gasteiger partial charge is 0.397 e. The molecule has 0 unspecified atom stereocenters. The number of rotatable bonds is 5. The number of nitrogens with zero attached hydrogens (tertiary/aromatic N) is 5. The Bertz CT molecular complexity index is 1010. The molecule has 0 atom stereocenters. The summed E-state index contributed by atoms with van der Waals surface area (Å²) in [4.78, 5) is 8.77. The summed E-state index contributed by atoms with van der Waals surface area (Å²) in [6.45, 7) is 4.05. The first-order valence-electron chi connectivity index (χ1n) is 7.96. The maximum atomic E-state index is 9.00. The Hall–Kier alpha value is -3.64. The van der Waals surface area contributed by atoms with Crippen LogP contribution in [0.15, 0.2) is 36.9 Å². The molecule has 0 fully saturated rings. The summed E-state index contributed by atoms with van der Waals surface area (Å²) in [5.74, 6) is 5.90. The van der Waals surface area contributed by atoms with Crippen molar-refractivity contribution in [2.45, 2.75) is 19.9 Å².